The van der Waals surface area contributed by atoms with Gasteiger partial charge in [0, 0.05) is 16.0 Å². The molecule has 17 heavy (non-hydrogen) atoms. The summed E-state index contributed by atoms with van der Waals surface area (Å²) in [6.07, 6.45) is 1.80. The van der Waals surface area contributed by atoms with Gasteiger partial charge in [-0.25, -0.2) is 4.68 Å². The molecular formula is C13H9ClN2S. The van der Waals surface area contributed by atoms with Crippen molar-refractivity contribution in [1.82, 2.24) is 9.78 Å². The lowest BCUT2D eigenvalue weighted by molar-refractivity contribution is 0.888. The Bertz CT molecular complexity index is 628. The summed E-state index contributed by atoms with van der Waals surface area (Å²) in [6.45, 7) is 0. The zero-order valence-corrected chi connectivity index (χ0v) is 10.4. The molecule has 0 aliphatic rings. The minimum Gasteiger partial charge on any atom is -0.233 e. The van der Waals surface area contributed by atoms with Gasteiger partial charge in [-0.3, -0.25) is 0 Å². The largest absolute Gasteiger partial charge is 0.233 e. The van der Waals surface area contributed by atoms with E-state index < -0.39 is 0 Å². The van der Waals surface area contributed by atoms with Crippen molar-refractivity contribution in [2.75, 3.05) is 0 Å². The second kappa shape index (κ2) is 4.35. The van der Waals surface area contributed by atoms with E-state index in [1.165, 1.54) is 5.56 Å². The first kappa shape index (κ1) is 10.6. The van der Waals surface area contributed by atoms with Crippen LogP contribution in [0.4, 0.5) is 0 Å². The van der Waals surface area contributed by atoms with Gasteiger partial charge in [-0.05, 0) is 35.7 Å². The molecule has 0 spiro atoms. The monoisotopic (exact) mass is 260 g/mol. The molecule has 2 nitrogen and oxygen atoms in total. The molecular weight excluding hydrogens is 252 g/mol. The van der Waals surface area contributed by atoms with Crippen LogP contribution in [0.2, 0.25) is 5.02 Å². The molecule has 84 valence electrons. The minimum atomic E-state index is 0.717. The molecule has 2 heterocycles. The van der Waals surface area contributed by atoms with Crippen molar-refractivity contribution in [1.29, 1.82) is 0 Å². The Morgan fingerprint density at radius 2 is 2.12 bits per heavy atom. The van der Waals surface area contributed by atoms with Gasteiger partial charge in [0.05, 0.1) is 17.6 Å². The van der Waals surface area contributed by atoms with Crippen LogP contribution in [0.5, 0.6) is 0 Å². The van der Waals surface area contributed by atoms with Crippen LogP contribution in [0.25, 0.3) is 16.9 Å². The molecule has 1 aromatic carbocycles. The van der Waals surface area contributed by atoms with Gasteiger partial charge in [0.25, 0.3) is 0 Å². The Balaban J connectivity index is 2.14. The minimum absolute atomic E-state index is 0.717. The normalized spacial score (nSPS) is 10.6. The molecule has 0 saturated heterocycles. The van der Waals surface area contributed by atoms with Gasteiger partial charge in [-0.15, -0.1) is 0 Å². The summed E-state index contributed by atoms with van der Waals surface area (Å²) in [5, 5.41) is 9.23. The predicted molar refractivity (Wildman–Crippen MR) is 71.9 cm³/mol. The van der Waals surface area contributed by atoms with Gasteiger partial charge in [-0.1, -0.05) is 17.7 Å². The second-order valence-corrected chi connectivity index (χ2v) is 4.84. The topological polar surface area (TPSA) is 17.8 Å². The highest BCUT2D eigenvalue weighted by atomic mass is 35.5. The predicted octanol–water partition coefficient (Wildman–Crippen LogP) is 4.25. The highest BCUT2D eigenvalue weighted by Gasteiger charge is 2.07. The van der Waals surface area contributed by atoms with E-state index in [2.05, 4.69) is 21.9 Å². The van der Waals surface area contributed by atoms with E-state index in [0.29, 0.717) is 5.02 Å². The first-order valence-corrected chi connectivity index (χ1v) is 6.49. The van der Waals surface area contributed by atoms with E-state index in [1.807, 2.05) is 35.0 Å². The van der Waals surface area contributed by atoms with Crippen LogP contribution in [-0.4, -0.2) is 9.78 Å². The summed E-state index contributed by atoms with van der Waals surface area (Å²) in [5.74, 6) is 0. The number of nitrogens with zero attached hydrogens (tertiary/aromatic N) is 2. The third-order valence-electron chi connectivity index (χ3n) is 2.51. The van der Waals surface area contributed by atoms with Crippen molar-refractivity contribution in [2.45, 2.75) is 0 Å². The molecule has 0 fully saturated rings. The van der Waals surface area contributed by atoms with Crippen LogP contribution in [-0.2, 0) is 0 Å². The molecule has 3 aromatic rings. The van der Waals surface area contributed by atoms with Crippen LogP contribution < -0.4 is 0 Å². The molecule has 0 saturated carbocycles. The molecule has 2 aromatic heterocycles. The smallest absolute Gasteiger partial charge is 0.0749 e. The lowest BCUT2D eigenvalue weighted by Crippen LogP contribution is -1.97. The molecule has 3 rings (SSSR count). The number of hydrogen-bond donors (Lipinski definition) is 0. The number of thiophene rings is 1. The summed E-state index contributed by atoms with van der Waals surface area (Å²) < 4.78 is 1.90. The lowest BCUT2D eigenvalue weighted by atomic mass is 10.2. The number of hydrogen-bond acceptors (Lipinski definition) is 2. The van der Waals surface area contributed by atoms with Crippen LogP contribution in [0, 0.1) is 0 Å². The fourth-order valence-electron chi connectivity index (χ4n) is 1.75. The molecule has 0 aliphatic heterocycles. The number of rotatable bonds is 2. The Labute approximate surface area is 108 Å². The first-order chi connectivity index (χ1) is 8.34. The van der Waals surface area contributed by atoms with Crippen LogP contribution >= 0.6 is 22.9 Å². The average Bonchev–Trinajstić information content (AvgIpc) is 3.00. The van der Waals surface area contributed by atoms with Crippen molar-refractivity contribution in [3.05, 3.63) is 58.4 Å². The van der Waals surface area contributed by atoms with Crippen LogP contribution in [0.1, 0.15) is 0 Å². The van der Waals surface area contributed by atoms with E-state index in [0.717, 1.165) is 11.4 Å². The van der Waals surface area contributed by atoms with E-state index >= 15 is 0 Å². The number of halogens is 1. The summed E-state index contributed by atoms with van der Waals surface area (Å²) in [6, 6.07) is 11.8. The summed E-state index contributed by atoms with van der Waals surface area (Å²) in [4.78, 5) is 0. The number of aromatic nitrogens is 2. The molecule has 0 radical (unpaired) electrons. The quantitative estimate of drug-likeness (QED) is 0.673. The Morgan fingerprint density at radius 1 is 1.18 bits per heavy atom. The Kier molecular flexibility index (Phi) is 2.71. The van der Waals surface area contributed by atoms with Crippen molar-refractivity contribution in [3.63, 3.8) is 0 Å². The Morgan fingerprint density at radius 3 is 2.88 bits per heavy atom. The molecule has 4 heteroatoms. The SMILES string of the molecule is Clc1cccc(-n2nccc2-c2ccsc2)c1. The fraction of sp³-hybridized carbons (Fsp3) is 0. The van der Waals surface area contributed by atoms with Crippen LogP contribution in [0.15, 0.2) is 53.4 Å². The molecule has 0 atom stereocenters. The zero-order chi connectivity index (χ0) is 11.7. The van der Waals surface area contributed by atoms with Gasteiger partial charge in [0.2, 0.25) is 0 Å². The first-order valence-electron chi connectivity index (χ1n) is 5.17. The maximum atomic E-state index is 6.00. The summed E-state index contributed by atoms with van der Waals surface area (Å²) in [5.41, 5.74) is 3.23. The van der Waals surface area contributed by atoms with E-state index in [1.54, 1.807) is 17.5 Å². The van der Waals surface area contributed by atoms with Gasteiger partial charge in [0.15, 0.2) is 0 Å². The highest BCUT2D eigenvalue weighted by Crippen LogP contribution is 2.25. The van der Waals surface area contributed by atoms with Crippen molar-refractivity contribution in [2.24, 2.45) is 0 Å². The maximum Gasteiger partial charge on any atom is 0.0749 e. The van der Waals surface area contributed by atoms with Crippen molar-refractivity contribution < 1.29 is 0 Å². The highest BCUT2D eigenvalue weighted by molar-refractivity contribution is 7.08. The van der Waals surface area contributed by atoms with Gasteiger partial charge < -0.3 is 0 Å². The van der Waals surface area contributed by atoms with E-state index in [9.17, 15) is 0 Å². The molecule has 0 amide bonds. The van der Waals surface area contributed by atoms with Gasteiger partial charge >= 0.3 is 0 Å². The fourth-order valence-corrected chi connectivity index (χ4v) is 2.58. The van der Waals surface area contributed by atoms with E-state index in [4.69, 9.17) is 11.6 Å². The summed E-state index contributed by atoms with van der Waals surface area (Å²) >= 11 is 7.68. The van der Waals surface area contributed by atoms with Gasteiger partial charge in [-0.2, -0.15) is 16.4 Å². The standard InChI is InChI=1S/C13H9ClN2S/c14-11-2-1-3-12(8-11)16-13(4-6-15-16)10-5-7-17-9-10/h1-9H. The second-order valence-electron chi connectivity index (χ2n) is 3.62. The summed E-state index contributed by atoms with van der Waals surface area (Å²) in [7, 11) is 0. The molecule has 0 bridgehead atoms. The van der Waals surface area contributed by atoms with Crippen molar-refractivity contribution >= 4 is 22.9 Å². The number of benzene rings is 1. The van der Waals surface area contributed by atoms with Crippen molar-refractivity contribution in [3.8, 4) is 16.9 Å². The zero-order valence-electron chi connectivity index (χ0n) is 8.88. The third-order valence-corrected chi connectivity index (χ3v) is 3.43. The average molecular weight is 261 g/mol. The van der Waals surface area contributed by atoms with E-state index in [-0.39, 0.29) is 0 Å². The van der Waals surface area contributed by atoms with Crippen LogP contribution in [0.3, 0.4) is 0 Å². The Hall–Kier alpha value is -1.58. The lowest BCUT2D eigenvalue weighted by Gasteiger charge is -2.06. The maximum absolute atomic E-state index is 6.00. The molecule has 0 aliphatic carbocycles. The molecule has 0 N–H and O–H groups in total. The third kappa shape index (κ3) is 1.99. The molecule has 0 unspecified atom stereocenters. The van der Waals surface area contributed by atoms with Gasteiger partial charge in [0.1, 0.15) is 0 Å².